The molecule has 1 atom stereocenters. The maximum atomic E-state index is 12.3. The third kappa shape index (κ3) is 4.07. The number of anilines is 1. The molecule has 2 aromatic rings. The van der Waals surface area contributed by atoms with Gasteiger partial charge in [0.05, 0.1) is 4.47 Å². The molecule has 1 aliphatic heterocycles. The first-order valence-corrected chi connectivity index (χ1v) is 8.64. The van der Waals surface area contributed by atoms with Gasteiger partial charge in [-0.2, -0.15) is 0 Å². The van der Waals surface area contributed by atoms with E-state index in [0.717, 1.165) is 16.6 Å². The standard InChI is InChI=1S/C18H19BrN2O3/c19-16-10-14(20-18(23)21-9-8-13(11-21)12-22)6-7-17(16)24-15-4-2-1-3-5-15/h1-7,10,13,22H,8-9,11-12H2,(H,20,23)/t13-/m1/s1. The Kier molecular flexibility index (Phi) is 5.37. The molecule has 6 heteroatoms. The van der Waals surface area contributed by atoms with Crippen LogP contribution in [0.25, 0.3) is 0 Å². The zero-order valence-corrected chi connectivity index (χ0v) is 14.7. The lowest BCUT2D eigenvalue weighted by Crippen LogP contribution is -2.33. The molecule has 0 spiro atoms. The Balaban J connectivity index is 1.63. The lowest BCUT2D eigenvalue weighted by molar-refractivity contribution is 0.209. The van der Waals surface area contributed by atoms with E-state index in [1.54, 1.807) is 11.0 Å². The number of hydrogen-bond donors (Lipinski definition) is 2. The molecule has 0 aromatic heterocycles. The molecule has 5 nitrogen and oxygen atoms in total. The second kappa shape index (κ2) is 7.68. The molecule has 24 heavy (non-hydrogen) atoms. The summed E-state index contributed by atoms with van der Waals surface area (Å²) in [7, 11) is 0. The van der Waals surface area contributed by atoms with Crippen LogP contribution in [-0.4, -0.2) is 35.7 Å². The van der Waals surface area contributed by atoms with E-state index in [-0.39, 0.29) is 18.6 Å². The number of carbonyl (C=O) groups is 1. The van der Waals surface area contributed by atoms with Crippen LogP contribution in [0.3, 0.4) is 0 Å². The van der Waals surface area contributed by atoms with Gasteiger partial charge in [-0.25, -0.2) is 4.79 Å². The van der Waals surface area contributed by atoms with Gasteiger partial charge in [-0.1, -0.05) is 18.2 Å². The Morgan fingerprint density at radius 2 is 2.08 bits per heavy atom. The SMILES string of the molecule is O=C(Nc1ccc(Oc2ccccc2)c(Br)c1)N1CC[C@@H](CO)C1. The molecule has 2 N–H and O–H groups in total. The number of aliphatic hydroxyl groups is 1. The van der Waals surface area contributed by atoms with Crippen molar-refractivity contribution >= 4 is 27.6 Å². The molecule has 1 fully saturated rings. The topological polar surface area (TPSA) is 61.8 Å². The number of urea groups is 1. The molecule has 1 aliphatic rings. The molecule has 1 heterocycles. The number of halogens is 1. The number of benzene rings is 2. The van der Waals surface area contributed by atoms with Gasteiger partial charge in [0.15, 0.2) is 0 Å². The molecule has 126 valence electrons. The van der Waals surface area contributed by atoms with Gasteiger partial charge in [-0.05, 0) is 52.7 Å². The summed E-state index contributed by atoms with van der Waals surface area (Å²) in [4.78, 5) is 14.0. The fraction of sp³-hybridized carbons (Fsp3) is 0.278. The van der Waals surface area contributed by atoms with Crippen LogP contribution in [0.15, 0.2) is 53.0 Å². The fourth-order valence-corrected chi connectivity index (χ4v) is 3.11. The van der Waals surface area contributed by atoms with Crippen molar-refractivity contribution in [3.63, 3.8) is 0 Å². The maximum Gasteiger partial charge on any atom is 0.321 e. The summed E-state index contributed by atoms with van der Waals surface area (Å²) in [5.41, 5.74) is 0.694. The molecule has 0 bridgehead atoms. The van der Waals surface area contributed by atoms with E-state index < -0.39 is 0 Å². The summed E-state index contributed by atoms with van der Waals surface area (Å²) < 4.78 is 6.56. The van der Waals surface area contributed by atoms with E-state index in [9.17, 15) is 4.79 Å². The van der Waals surface area contributed by atoms with Gasteiger partial charge >= 0.3 is 6.03 Å². The monoisotopic (exact) mass is 390 g/mol. The zero-order chi connectivity index (χ0) is 16.9. The molecule has 2 amide bonds. The van der Waals surface area contributed by atoms with E-state index in [4.69, 9.17) is 9.84 Å². The summed E-state index contributed by atoms with van der Waals surface area (Å²) >= 11 is 3.48. The first-order valence-electron chi connectivity index (χ1n) is 7.85. The molecule has 0 aliphatic carbocycles. The number of para-hydroxylation sites is 1. The lowest BCUT2D eigenvalue weighted by atomic mass is 10.1. The number of nitrogens with zero attached hydrogens (tertiary/aromatic N) is 1. The van der Waals surface area contributed by atoms with Crippen molar-refractivity contribution in [3.05, 3.63) is 53.0 Å². The van der Waals surface area contributed by atoms with Crippen molar-refractivity contribution in [2.24, 2.45) is 5.92 Å². The van der Waals surface area contributed by atoms with Gasteiger partial charge in [0.25, 0.3) is 0 Å². The summed E-state index contributed by atoms with van der Waals surface area (Å²) in [6.07, 6.45) is 0.845. The molecule has 0 unspecified atom stereocenters. The van der Waals surface area contributed by atoms with Crippen LogP contribution in [0.1, 0.15) is 6.42 Å². The van der Waals surface area contributed by atoms with Gasteiger partial charge in [0.1, 0.15) is 11.5 Å². The number of aliphatic hydroxyl groups excluding tert-OH is 1. The predicted octanol–water partition coefficient (Wildman–Crippen LogP) is 4.09. The average molecular weight is 391 g/mol. The van der Waals surface area contributed by atoms with Crippen LogP contribution >= 0.6 is 15.9 Å². The van der Waals surface area contributed by atoms with Gasteiger partial charge in [0, 0.05) is 31.3 Å². The van der Waals surface area contributed by atoms with Crippen molar-refractivity contribution < 1.29 is 14.6 Å². The number of hydrogen-bond acceptors (Lipinski definition) is 3. The summed E-state index contributed by atoms with van der Waals surface area (Å²) in [5, 5.41) is 12.0. The molecule has 3 rings (SSSR count). The number of amides is 2. The number of ether oxygens (including phenoxy) is 1. The van der Waals surface area contributed by atoms with E-state index in [2.05, 4.69) is 21.2 Å². The van der Waals surface area contributed by atoms with Crippen LogP contribution in [0.5, 0.6) is 11.5 Å². The van der Waals surface area contributed by atoms with Crippen LogP contribution in [0.4, 0.5) is 10.5 Å². The minimum atomic E-state index is -0.144. The maximum absolute atomic E-state index is 12.3. The van der Waals surface area contributed by atoms with Gasteiger partial charge in [-0.3, -0.25) is 0 Å². The Morgan fingerprint density at radius 3 is 2.75 bits per heavy atom. The molecule has 0 saturated carbocycles. The summed E-state index contributed by atoms with van der Waals surface area (Å²) in [5.74, 6) is 1.62. The van der Waals surface area contributed by atoms with E-state index in [1.165, 1.54) is 0 Å². The highest BCUT2D eigenvalue weighted by Gasteiger charge is 2.25. The number of rotatable bonds is 4. The summed E-state index contributed by atoms with van der Waals surface area (Å²) in [6, 6.07) is 14.8. The Morgan fingerprint density at radius 1 is 1.29 bits per heavy atom. The number of nitrogens with one attached hydrogen (secondary N) is 1. The number of carbonyl (C=O) groups excluding carboxylic acids is 1. The van der Waals surface area contributed by atoms with Crippen LogP contribution in [0, 0.1) is 5.92 Å². The smallest absolute Gasteiger partial charge is 0.321 e. The largest absolute Gasteiger partial charge is 0.456 e. The van der Waals surface area contributed by atoms with Crippen molar-refractivity contribution in [3.8, 4) is 11.5 Å². The Hall–Kier alpha value is -2.05. The second-order valence-corrected chi connectivity index (χ2v) is 6.63. The minimum absolute atomic E-state index is 0.126. The Labute approximate surface area is 149 Å². The van der Waals surface area contributed by atoms with E-state index in [0.29, 0.717) is 24.5 Å². The minimum Gasteiger partial charge on any atom is -0.456 e. The molecule has 0 radical (unpaired) electrons. The highest BCUT2D eigenvalue weighted by atomic mass is 79.9. The summed E-state index contributed by atoms with van der Waals surface area (Å²) in [6.45, 7) is 1.40. The average Bonchev–Trinajstić information content (AvgIpc) is 3.08. The van der Waals surface area contributed by atoms with Crippen molar-refractivity contribution in [2.75, 3.05) is 25.0 Å². The fourth-order valence-electron chi connectivity index (χ4n) is 2.65. The molecular formula is C18H19BrN2O3. The number of likely N-dealkylation sites (tertiary alicyclic amines) is 1. The second-order valence-electron chi connectivity index (χ2n) is 5.77. The predicted molar refractivity (Wildman–Crippen MR) is 96.4 cm³/mol. The lowest BCUT2D eigenvalue weighted by Gasteiger charge is -2.17. The third-order valence-corrected chi connectivity index (χ3v) is 4.61. The normalized spacial score (nSPS) is 16.9. The zero-order valence-electron chi connectivity index (χ0n) is 13.1. The molecular weight excluding hydrogens is 372 g/mol. The first kappa shape index (κ1) is 16.8. The Bertz CT molecular complexity index is 709. The van der Waals surface area contributed by atoms with Crippen LogP contribution in [-0.2, 0) is 0 Å². The van der Waals surface area contributed by atoms with Crippen molar-refractivity contribution in [1.29, 1.82) is 0 Å². The van der Waals surface area contributed by atoms with E-state index in [1.807, 2.05) is 42.5 Å². The van der Waals surface area contributed by atoms with Crippen LogP contribution in [0.2, 0.25) is 0 Å². The van der Waals surface area contributed by atoms with Crippen LogP contribution < -0.4 is 10.1 Å². The highest BCUT2D eigenvalue weighted by Crippen LogP contribution is 2.32. The quantitative estimate of drug-likeness (QED) is 0.826. The van der Waals surface area contributed by atoms with Crippen molar-refractivity contribution in [2.45, 2.75) is 6.42 Å². The molecule has 1 saturated heterocycles. The first-order chi connectivity index (χ1) is 11.7. The third-order valence-electron chi connectivity index (χ3n) is 3.99. The van der Waals surface area contributed by atoms with Gasteiger partial charge in [0.2, 0.25) is 0 Å². The van der Waals surface area contributed by atoms with Gasteiger partial charge < -0.3 is 20.1 Å². The van der Waals surface area contributed by atoms with Crippen molar-refractivity contribution in [1.82, 2.24) is 4.90 Å². The van der Waals surface area contributed by atoms with Gasteiger partial charge in [-0.15, -0.1) is 0 Å². The molecule has 2 aromatic carbocycles. The highest BCUT2D eigenvalue weighted by molar-refractivity contribution is 9.10. The van der Waals surface area contributed by atoms with E-state index >= 15 is 0 Å².